The highest BCUT2D eigenvalue weighted by molar-refractivity contribution is 4.99. The normalized spacial score (nSPS) is 36.4. The quantitative estimate of drug-likeness (QED) is 0.787. The summed E-state index contributed by atoms with van der Waals surface area (Å²) >= 11 is 0. The summed E-state index contributed by atoms with van der Waals surface area (Å²) in [5.41, 5.74) is 0.0197. The molecule has 2 aliphatic heterocycles. The molecule has 0 saturated carbocycles. The van der Waals surface area contributed by atoms with Gasteiger partial charge in [0, 0.05) is 18.1 Å². The minimum atomic E-state index is 0.0197. The van der Waals surface area contributed by atoms with E-state index in [1.807, 2.05) is 0 Å². The van der Waals surface area contributed by atoms with Crippen molar-refractivity contribution < 1.29 is 5.11 Å². The summed E-state index contributed by atoms with van der Waals surface area (Å²) in [6, 6.07) is 0.636. The van der Waals surface area contributed by atoms with Crippen LogP contribution in [0.2, 0.25) is 0 Å². The van der Waals surface area contributed by atoms with Crippen molar-refractivity contribution in [1.82, 2.24) is 10.2 Å². The molecule has 0 aliphatic carbocycles. The highest BCUT2D eigenvalue weighted by Gasteiger charge is 2.41. The Balaban J connectivity index is 2.03. The average Bonchev–Trinajstić information content (AvgIpc) is 2.39. The Morgan fingerprint density at radius 3 is 2.76 bits per heavy atom. The first kappa shape index (κ1) is 13.3. The van der Waals surface area contributed by atoms with E-state index >= 15 is 0 Å². The molecule has 2 rings (SSSR count). The highest BCUT2D eigenvalue weighted by Crippen LogP contribution is 2.33. The van der Waals surface area contributed by atoms with E-state index in [-0.39, 0.29) is 5.54 Å². The third kappa shape index (κ3) is 2.83. The van der Waals surface area contributed by atoms with Crippen LogP contribution in [-0.4, -0.2) is 47.8 Å². The van der Waals surface area contributed by atoms with Gasteiger partial charge in [-0.25, -0.2) is 0 Å². The molecule has 2 N–H and O–H groups in total. The lowest BCUT2D eigenvalue weighted by Crippen LogP contribution is -2.60. The molecule has 17 heavy (non-hydrogen) atoms. The van der Waals surface area contributed by atoms with Crippen molar-refractivity contribution in [2.45, 2.75) is 57.5 Å². The Morgan fingerprint density at radius 1 is 1.35 bits per heavy atom. The summed E-state index contributed by atoms with van der Waals surface area (Å²) < 4.78 is 0. The predicted octanol–water partition coefficient (Wildman–Crippen LogP) is 1.61. The van der Waals surface area contributed by atoms with Gasteiger partial charge in [0.15, 0.2) is 0 Å². The second kappa shape index (κ2) is 5.68. The molecule has 3 nitrogen and oxygen atoms in total. The van der Waals surface area contributed by atoms with E-state index in [9.17, 15) is 5.11 Å². The summed E-state index contributed by atoms with van der Waals surface area (Å²) in [5, 5.41) is 13.5. The second-order valence-electron chi connectivity index (χ2n) is 6.13. The molecule has 0 aromatic heterocycles. The largest absolute Gasteiger partial charge is 0.394 e. The Kier molecular flexibility index (Phi) is 4.45. The van der Waals surface area contributed by atoms with Crippen LogP contribution < -0.4 is 5.32 Å². The monoisotopic (exact) mass is 240 g/mol. The smallest absolute Gasteiger partial charge is 0.0616 e. The van der Waals surface area contributed by atoms with E-state index in [0.717, 1.165) is 19.5 Å². The van der Waals surface area contributed by atoms with Crippen LogP contribution in [0, 0.1) is 5.92 Å². The number of rotatable bonds is 3. The first-order chi connectivity index (χ1) is 8.18. The number of piperidine rings is 2. The zero-order valence-electron chi connectivity index (χ0n) is 11.4. The van der Waals surface area contributed by atoms with Crippen LogP contribution in [0.1, 0.15) is 46.0 Å². The molecule has 2 aliphatic rings. The molecule has 100 valence electrons. The van der Waals surface area contributed by atoms with Crippen LogP contribution >= 0.6 is 0 Å². The summed E-state index contributed by atoms with van der Waals surface area (Å²) in [5.74, 6) is 0.629. The maximum absolute atomic E-state index is 9.84. The number of likely N-dealkylation sites (tertiary alicyclic amines) is 1. The molecule has 0 aromatic carbocycles. The van der Waals surface area contributed by atoms with Crippen molar-refractivity contribution in [2.75, 3.05) is 26.2 Å². The number of hydrogen-bond acceptors (Lipinski definition) is 3. The minimum Gasteiger partial charge on any atom is -0.394 e. The van der Waals surface area contributed by atoms with Crippen LogP contribution in [0.3, 0.4) is 0 Å². The maximum Gasteiger partial charge on any atom is 0.0616 e. The Labute approximate surface area is 106 Å². The molecule has 2 atom stereocenters. The second-order valence-corrected chi connectivity index (χ2v) is 6.13. The van der Waals surface area contributed by atoms with E-state index in [1.54, 1.807) is 0 Å². The van der Waals surface area contributed by atoms with Gasteiger partial charge in [-0.2, -0.15) is 0 Å². The summed E-state index contributed by atoms with van der Waals surface area (Å²) in [7, 11) is 0. The SMILES string of the molecule is CC(C)N1CCCC(C2(CO)CCCCN2)C1. The van der Waals surface area contributed by atoms with Crippen LogP contribution in [0.4, 0.5) is 0 Å². The molecular weight excluding hydrogens is 212 g/mol. The van der Waals surface area contributed by atoms with Crippen molar-refractivity contribution in [2.24, 2.45) is 5.92 Å². The summed E-state index contributed by atoms with van der Waals surface area (Å²) in [4.78, 5) is 2.57. The van der Waals surface area contributed by atoms with Gasteiger partial charge in [0.25, 0.3) is 0 Å². The molecule has 2 unspecified atom stereocenters. The van der Waals surface area contributed by atoms with Crippen LogP contribution in [0.5, 0.6) is 0 Å². The van der Waals surface area contributed by atoms with E-state index in [2.05, 4.69) is 24.1 Å². The van der Waals surface area contributed by atoms with E-state index in [4.69, 9.17) is 0 Å². The molecule has 2 heterocycles. The fourth-order valence-corrected chi connectivity index (χ4v) is 3.53. The van der Waals surface area contributed by atoms with Gasteiger partial charge in [0.1, 0.15) is 0 Å². The third-order valence-electron chi connectivity index (χ3n) is 4.77. The first-order valence-corrected chi connectivity index (χ1v) is 7.28. The van der Waals surface area contributed by atoms with Crippen molar-refractivity contribution in [3.63, 3.8) is 0 Å². The first-order valence-electron chi connectivity index (χ1n) is 7.28. The number of hydrogen-bond donors (Lipinski definition) is 2. The fraction of sp³-hybridized carbons (Fsp3) is 1.00. The minimum absolute atomic E-state index is 0.0197. The molecule has 0 bridgehead atoms. The zero-order valence-corrected chi connectivity index (χ0v) is 11.4. The lowest BCUT2D eigenvalue weighted by molar-refractivity contribution is 0.0232. The Hall–Kier alpha value is -0.120. The molecule has 0 spiro atoms. The van der Waals surface area contributed by atoms with Crippen LogP contribution in [0.25, 0.3) is 0 Å². The van der Waals surface area contributed by atoms with Gasteiger partial charge in [0.2, 0.25) is 0 Å². The van der Waals surface area contributed by atoms with Gasteiger partial charge in [0.05, 0.1) is 6.61 Å². The molecule has 2 fully saturated rings. The lowest BCUT2D eigenvalue weighted by Gasteiger charge is -2.48. The van der Waals surface area contributed by atoms with Gasteiger partial charge in [-0.3, -0.25) is 0 Å². The van der Waals surface area contributed by atoms with E-state index in [1.165, 1.54) is 32.2 Å². The number of aliphatic hydroxyl groups excluding tert-OH is 1. The topological polar surface area (TPSA) is 35.5 Å². The molecule has 0 amide bonds. The van der Waals surface area contributed by atoms with Gasteiger partial charge in [-0.15, -0.1) is 0 Å². The highest BCUT2D eigenvalue weighted by atomic mass is 16.3. The van der Waals surface area contributed by atoms with Crippen molar-refractivity contribution >= 4 is 0 Å². The van der Waals surface area contributed by atoms with E-state index in [0.29, 0.717) is 18.6 Å². The Bertz CT molecular complexity index is 236. The van der Waals surface area contributed by atoms with Crippen molar-refractivity contribution in [3.8, 4) is 0 Å². The standard InChI is InChI=1S/C14H28N2O/c1-12(2)16-9-5-6-13(10-16)14(11-17)7-3-4-8-15-14/h12-13,15,17H,3-11H2,1-2H3. The molecule has 0 radical (unpaired) electrons. The average molecular weight is 240 g/mol. The van der Waals surface area contributed by atoms with Gasteiger partial charge >= 0.3 is 0 Å². The molecule has 3 heteroatoms. The molecule has 0 aromatic rings. The number of nitrogens with one attached hydrogen (secondary N) is 1. The van der Waals surface area contributed by atoms with Crippen molar-refractivity contribution in [1.29, 1.82) is 0 Å². The van der Waals surface area contributed by atoms with Gasteiger partial charge in [-0.1, -0.05) is 6.42 Å². The Morgan fingerprint density at radius 2 is 2.18 bits per heavy atom. The maximum atomic E-state index is 9.84. The number of nitrogens with zero attached hydrogens (tertiary/aromatic N) is 1. The van der Waals surface area contributed by atoms with Crippen LogP contribution in [0.15, 0.2) is 0 Å². The summed E-state index contributed by atoms with van der Waals surface area (Å²) in [6.45, 7) is 8.34. The zero-order chi connectivity index (χ0) is 12.3. The lowest BCUT2D eigenvalue weighted by atomic mass is 9.74. The van der Waals surface area contributed by atoms with Crippen LogP contribution in [-0.2, 0) is 0 Å². The summed E-state index contributed by atoms with van der Waals surface area (Å²) in [6.07, 6.45) is 6.25. The van der Waals surface area contributed by atoms with Gasteiger partial charge in [-0.05, 0) is 58.5 Å². The molecular formula is C14H28N2O. The van der Waals surface area contributed by atoms with Crippen molar-refractivity contribution in [3.05, 3.63) is 0 Å². The number of aliphatic hydroxyl groups is 1. The fourth-order valence-electron chi connectivity index (χ4n) is 3.53. The third-order valence-corrected chi connectivity index (χ3v) is 4.77. The van der Waals surface area contributed by atoms with E-state index < -0.39 is 0 Å². The predicted molar refractivity (Wildman–Crippen MR) is 71.1 cm³/mol. The molecule has 2 saturated heterocycles. The van der Waals surface area contributed by atoms with Gasteiger partial charge < -0.3 is 15.3 Å².